The molecule has 2 aromatic carbocycles. The molecule has 0 saturated carbocycles. The molecule has 3 heterocycles. The number of hydrogen-bond acceptors (Lipinski definition) is 18. The third-order valence-electron chi connectivity index (χ3n) is 13.5. The van der Waals surface area contributed by atoms with Crippen molar-refractivity contribution in [1.29, 1.82) is 0 Å². The van der Waals surface area contributed by atoms with Crippen LogP contribution in [0.25, 0.3) is 0 Å². The van der Waals surface area contributed by atoms with Crippen LogP contribution in [0.3, 0.4) is 0 Å². The fourth-order valence-corrected chi connectivity index (χ4v) is 9.58. The normalized spacial score (nSPS) is 33.8. The molecule has 3 aliphatic heterocycles. The number of aromatic hydroxyl groups is 2. The van der Waals surface area contributed by atoms with Crippen molar-refractivity contribution >= 4 is 41.1 Å². The number of rotatable bonds is 13. The quantitative estimate of drug-likeness (QED) is 0.0611. The summed E-state index contributed by atoms with van der Waals surface area (Å²) in [6, 6.07) is 8.19. The Balaban J connectivity index is 1.39. The molecule has 0 unspecified atom stereocenters. The van der Waals surface area contributed by atoms with E-state index in [0.29, 0.717) is 23.1 Å². The highest BCUT2D eigenvalue weighted by molar-refractivity contribution is 6.39. The number of phenolic OH excluding ortho intramolecular Hbond substituents is 2. The molecule has 3 aliphatic rings. The van der Waals surface area contributed by atoms with Gasteiger partial charge in [-0.05, 0) is 103 Å². The van der Waals surface area contributed by atoms with Crippen molar-refractivity contribution in [2.24, 2.45) is 5.92 Å². The van der Waals surface area contributed by atoms with Gasteiger partial charge in [-0.15, -0.1) is 0 Å². The van der Waals surface area contributed by atoms with Crippen LogP contribution in [0.1, 0.15) is 108 Å². The number of benzene rings is 2. The van der Waals surface area contributed by atoms with Gasteiger partial charge in [0, 0.05) is 19.4 Å². The highest BCUT2D eigenvalue weighted by Gasteiger charge is 2.53. The zero-order valence-corrected chi connectivity index (χ0v) is 45.4. The van der Waals surface area contributed by atoms with E-state index < -0.39 is 138 Å². The molecule has 7 N–H and O–H groups in total. The number of ether oxygens (including phenoxy) is 8. The molecule has 2 aromatic rings. The Kier molecular flexibility index (Phi) is 22.1. The maximum Gasteiger partial charge on any atom is 0.342 e. The number of halogens is 2. The molecule has 14 atom stereocenters. The summed E-state index contributed by atoms with van der Waals surface area (Å²) < 4.78 is 47.8. The first-order chi connectivity index (χ1) is 35.4. The number of hydrogen-bond donors (Lipinski definition) is 7. The summed E-state index contributed by atoms with van der Waals surface area (Å²) in [5.41, 5.74) is 0.432. The maximum absolute atomic E-state index is 14.0. The molecule has 0 aromatic heterocycles. The van der Waals surface area contributed by atoms with Gasteiger partial charge in [-0.3, -0.25) is 0 Å². The van der Waals surface area contributed by atoms with Gasteiger partial charge in [-0.2, -0.15) is 0 Å². The number of carbonyl (C=O) groups is 3. The summed E-state index contributed by atoms with van der Waals surface area (Å²) >= 11 is 12.3. The zero-order valence-electron chi connectivity index (χ0n) is 43.8. The second kappa shape index (κ2) is 27.1. The smallest absolute Gasteiger partial charge is 0.342 e. The first kappa shape index (κ1) is 61.2. The van der Waals surface area contributed by atoms with Gasteiger partial charge < -0.3 is 73.6 Å². The Morgan fingerprint density at radius 3 is 2.17 bits per heavy atom. The summed E-state index contributed by atoms with van der Waals surface area (Å²) in [6.07, 6.45) is -5.76. The molecular formula is C55H72Cl2O18. The number of allylic oxidation sites excluding steroid dienone is 4. The topological polar surface area (TPSA) is 267 Å². The number of aliphatic hydroxyl groups excluding tert-OH is 5. The van der Waals surface area contributed by atoms with Crippen molar-refractivity contribution in [2.45, 2.75) is 173 Å². The molecular weight excluding hydrogens is 1020 g/mol. The largest absolute Gasteiger partial charge is 0.505 e. The highest BCUT2D eigenvalue weighted by Crippen LogP contribution is 2.45. The molecule has 0 spiro atoms. The summed E-state index contributed by atoms with van der Waals surface area (Å²) in [7, 11) is 1.26. The molecule has 20 heteroatoms. The van der Waals surface area contributed by atoms with Gasteiger partial charge in [-0.1, -0.05) is 91.2 Å². The molecule has 2 fully saturated rings. The second-order valence-electron chi connectivity index (χ2n) is 19.5. The first-order valence-corrected chi connectivity index (χ1v) is 25.6. The minimum absolute atomic E-state index is 0.0417. The van der Waals surface area contributed by atoms with E-state index in [0.717, 1.165) is 0 Å². The number of esters is 3. The Morgan fingerprint density at radius 2 is 1.55 bits per heavy atom. The average molecular weight is 1090 g/mol. The van der Waals surface area contributed by atoms with Gasteiger partial charge in [0.05, 0.1) is 52.8 Å². The fourth-order valence-electron chi connectivity index (χ4n) is 9.02. The van der Waals surface area contributed by atoms with Crippen LogP contribution in [0, 0.1) is 5.92 Å². The van der Waals surface area contributed by atoms with Gasteiger partial charge >= 0.3 is 17.9 Å². The van der Waals surface area contributed by atoms with Crippen molar-refractivity contribution in [1.82, 2.24) is 0 Å². The minimum atomic E-state index is -1.62. The van der Waals surface area contributed by atoms with Crippen molar-refractivity contribution < 1.29 is 88.0 Å². The summed E-state index contributed by atoms with van der Waals surface area (Å²) in [4.78, 5) is 40.7. The van der Waals surface area contributed by atoms with E-state index in [-0.39, 0.29) is 41.0 Å². The minimum Gasteiger partial charge on any atom is -0.505 e. The molecule has 0 radical (unpaired) electrons. The van der Waals surface area contributed by atoms with E-state index in [1.807, 2.05) is 32.9 Å². The van der Waals surface area contributed by atoms with Crippen molar-refractivity contribution in [3.05, 3.63) is 116 Å². The number of aliphatic hydroxyl groups is 5. The number of phenols is 2. The van der Waals surface area contributed by atoms with Gasteiger partial charge in [0.15, 0.2) is 36.3 Å². The summed E-state index contributed by atoms with van der Waals surface area (Å²) in [5.74, 6) is -4.52. The molecule has 75 heavy (non-hydrogen) atoms. The van der Waals surface area contributed by atoms with Crippen LogP contribution in [0.4, 0.5) is 0 Å². The zero-order chi connectivity index (χ0) is 55.6. The standard InChI is InChI=1S/C55H72Cl2O18/c1-11-32-25-28(4)36(59)21-17-16-20-34(26-69-54-48(68-10)43(62)46(31(7)70-54)72-52(67)38-35(12-2)39(56)42(61)40(57)41(38)60)51(66)71-37(30(6)58)23-22-27(3)24-29(5)45(32)74-53-44(63)47(49(64)55(8,9)75-53)73-50(65)33-18-14-13-15-19-33/h13-20,22,24-25,30-32,36-37,43-49,53-54,58-64H,11-12,21,23,26H2,1-10H3/b17-16+,27-22+,28-25+,29-24+,34-20+/t30-,31-,32+,36+,37+,43+,44+,45+,46-,47-,48+,49+,53-,54-/m1/s1. The van der Waals surface area contributed by atoms with Crippen LogP contribution in [-0.2, 0) is 49.1 Å². The Hall–Kier alpha value is -4.67. The maximum atomic E-state index is 14.0. The first-order valence-electron chi connectivity index (χ1n) is 24.9. The van der Waals surface area contributed by atoms with E-state index in [4.69, 9.17) is 61.1 Å². The van der Waals surface area contributed by atoms with Gasteiger partial charge in [0.1, 0.15) is 41.1 Å². The molecule has 0 amide bonds. The molecule has 414 valence electrons. The van der Waals surface area contributed by atoms with Crippen LogP contribution in [0.2, 0.25) is 10.0 Å². The second-order valence-corrected chi connectivity index (χ2v) is 20.3. The molecule has 0 aliphatic carbocycles. The third-order valence-corrected chi connectivity index (χ3v) is 14.3. The van der Waals surface area contributed by atoms with Crippen molar-refractivity contribution in [3.63, 3.8) is 0 Å². The van der Waals surface area contributed by atoms with Crippen molar-refractivity contribution in [2.75, 3.05) is 13.7 Å². The van der Waals surface area contributed by atoms with E-state index in [1.165, 1.54) is 33.1 Å². The Morgan fingerprint density at radius 1 is 0.880 bits per heavy atom. The van der Waals surface area contributed by atoms with Gasteiger partial charge in [0.25, 0.3) is 0 Å². The highest BCUT2D eigenvalue weighted by atomic mass is 35.5. The van der Waals surface area contributed by atoms with Crippen LogP contribution in [0.15, 0.2) is 89.1 Å². The Labute approximate surface area is 447 Å². The van der Waals surface area contributed by atoms with Crippen LogP contribution in [0.5, 0.6) is 11.5 Å². The molecule has 2 saturated heterocycles. The van der Waals surface area contributed by atoms with Gasteiger partial charge in [0.2, 0.25) is 0 Å². The SMILES string of the molecule is CCc1c(Cl)c(O)c(Cl)c(O)c1C(=O)O[C@H]1[C@H](O)[C@H](OC)[C@H](OC/C2=C\C=C\C[C@H](O)/C(C)=C/[C@H](CC)[C@@H](O[C@@H]3OC(C)(C)[C@@H](O)[C@H](OC(=O)c4ccccc4)[C@@H]3O)/C(C)=C/C(C)=C/C[C@@H]([C@@H](C)O)OC2=O)O[C@@H]1C. The van der Waals surface area contributed by atoms with Crippen LogP contribution >= 0.6 is 23.2 Å². The van der Waals surface area contributed by atoms with Crippen LogP contribution < -0.4 is 0 Å². The monoisotopic (exact) mass is 1090 g/mol. The lowest BCUT2D eigenvalue weighted by Gasteiger charge is -2.47. The van der Waals surface area contributed by atoms with Gasteiger partial charge in [-0.25, -0.2) is 14.4 Å². The molecule has 5 rings (SSSR count). The lowest BCUT2D eigenvalue weighted by atomic mass is 9.88. The van der Waals surface area contributed by atoms with Crippen molar-refractivity contribution in [3.8, 4) is 11.5 Å². The fraction of sp³-hybridized carbons (Fsp3) is 0.545. The van der Waals surface area contributed by atoms with E-state index in [1.54, 1.807) is 70.2 Å². The number of carbonyl (C=O) groups excluding carboxylic acids is 3. The predicted octanol–water partition coefficient (Wildman–Crippen LogP) is 6.89. The predicted molar refractivity (Wildman–Crippen MR) is 276 cm³/mol. The van der Waals surface area contributed by atoms with Crippen LogP contribution in [-0.4, -0.2) is 153 Å². The average Bonchev–Trinajstić information content (AvgIpc) is 3.37. The number of methoxy groups -OCH3 is 1. The summed E-state index contributed by atoms with van der Waals surface area (Å²) in [5, 5.41) is 77.0. The molecule has 18 nitrogen and oxygen atoms in total. The summed E-state index contributed by atoms with van der Waals surface area (Å²) in [6.45, 7) is 14.7. The lowest BCUT2D eigenvalue weighted by Crippen LogP contribution is -2.64. The van der Waals surface area contributed by atoms with E-state index in [9.17, 15) is 50.1 Å². The Bertz CT molecular complexity index is 2470. The third kappa shape index (κ3) is 14.9. The molecule has 0 bridgehead atoms. The lowest BCUT2D eigenvalue weighted by molar-refractivity contribution is -0.330. The van der Waals surface area contributed by atoms with E-state index >= 15 is 0 Å². The van der Waals surface area contributed by atoms with E-state index in [2.05, 4.69) is 0 Å². The number of cyclic esters (lactones) is 1.